The van der Waals surface area contributed by atoms with Gasteiger partial charge in [0.25, 0.3) is 0 Å². The molecule has 1 heterocycles. The summed E-state index contributed by atoms with van der Waals surface area (Å²) in [5.41, 5.74) is 1.33. The highest BCUT2D eigenvalue weighted by molar-refractivity contribution is 5.20. The van der Waals surface area contributed by atoms with Crippen LogP contribution in [0.4, 0.5) is 0 Å². The molecule has 1 aromatic carbocycles. The van der Waals surface area contributed by atoms with E-state index in [1.165, 1.54) is 5.56 Å². The fourth-order valence-electron chi connectivity index (χ4n) is 2.50. The summed E-state index contributed by atoms with van der Waals surface area (Å²) < 4.78 is 0. The van der Waals surface area contributed by atoms with Gasteiger partial charge < -0.3 is 5.32 Å². The third-order valence-electron chi connectivity index (χ3n) is 3.42. The van der Waals surface area contributed by atoms with Crippen LogP contribution in [-0.2, 0) is 0 Å². The van der Waals surface area contributed by atoms with Crippen molar-refractivity contribution in [3.8, 4) is 6.07 Å². The molecule has 1 fully saturated rings. The van der Waals surface area contributed by atoms with Crippen molar-refractivity contribution in [2.24, 2.45) is 0 Å². The molecule has 4 nitrogen and oxygen atoms in total. The molecule has 0 bridgehead atoms. The molecule has 1 atom stereocenters. The van der Waals surface area contributed by atoms with Gasteiger partial charge in [-0.3, -0.25) is 9.80 Å². The van der Waals surface area contributed by atoms with Crippen LogP contribution < -0.4 is 5.32 Å². The van der Waals surface area contributed by atoms with Gasteiger partial charge in [0.2, 0.25) is 0 Å². The molecular formula is C14H20N4. The second kappa shape index (κ2) is 6.50. The van der Waals surface area contributed by atoms with Gasteiger partial charge >= 0.3 is 0 Å². The molecule has 1 saturated heterocycles. The molecule has 1 unspecified atom stereocenters. The molecule has 1 aliphatic heterocycles. The number of nitriles is 1. The van der Waals surface area contributed by atoms with E-state index in [0.29, 0.717) is 12.6 Å². The average Bonchev–Trinajstić information content (AvgIpc) is 2.42. The second-order valence-corrected chi connectivity index (χ2v) is 4.64. The molecule has 0 spiro atoms. The summed E-state index contributed by atoms with van der Waals surface area (Å²) >= 11 is 0. The van der Waals surface area contributed by atoms with Crippen LogP contribution in [0.1, 0.15) is 11.6 Å². The predicted molar refractivity (Wildman–Crippen MR) is 71.9 cm³/mol. The number of rotatable bonds is 4. The smallest absolute Gasteiger partial charge is 0.0867 e. The normalized spacial score (nSPS) is 21.7. The molecule has 0 aromatic heterocycles. The van der Waals surface area contributed by atoms with Crippen molar-refractivity contribution in [1.82, 2.24) is 15.1 Å². The summed E-state index contributed by atoms with van der Waals surface area (Å²) in [7, 11) is 1.98. The summed E-state index contributed by atoms with van der Waals surface area (Å²) in [6, 6.07) is 13.2. The maximum absolute atomic E-state index is 8.83. The minimum absolute atomic E-state index is 0.376. The van der Waals surface area contributed by atoms with E-state index in [4.69, 9.17) is 5.26 Å². The fraction of sp³-hybridized carbons (Fsp3) is 0.500. The van der Waals surface area contributed by atoms with E-state index in [2.05, 4.69) is 45.5 Å². The van der Waals surface area contributed by atoms with Crippen molar-refractivity contribution >= 4 is 0 Å². The van der Waals surface area contributed by atoms with Crippen LogP contribution in [0.3, 0.4) is 0 Å². The zero-order valence-corrected chi connectivity index (χ0v) is 10.8. The summed E-state index contributed by atoms with van der Waals surface area (Å²) in [6.07, 6.45) is 0. The standard InChI is InChI=1S/C14H20N4/c1-16-12-18-10-9-17(8-7-15)11-14(18)13-5-3-2-4-6-13/h2-6,14,16H,8-12H2,1H3. The highest BCUT2D eigenvalue weighted by Gasteiger charge is 2.27. The number of benzene rings is 1. The first-order valence-corrected chi connectivity index (χ1v) is 6.38. The molecule has 0 aliphatic carbocycles. The van der Waals surface area contributed by atoms with Gasteiger partial charge in [0.15, 0.2) is 0 Å². The lowest BCUT2D eigenvalue weighted by Crippen LogP contribution is -2.50. The molecule has 96 valence electrons. The lowest BCUT2D eigenvalue weighted by atomic mass is 10.0. The first-order chi connectivity index (χ1) is 8.85. The van der Waals surface area contributed by atoms with Crippen molar-refractivity contribution in [2.45, 2.75) is 6.04 Å². The Morgan fingerprint density at radius 3 is 2.78 bits per heavy atom. The Balaban J connectivity index is 2.12. The number of nitrogens with zero attached hydrogens (tertiary/aromatic N) is 3. The van der Waals surface area contributed by atoms with Gasteiger partial charge in [-0.2, -0.15) is 5.26 Å². The van der Waals surface area contributed by atoms with Gasteiger partial charge in [-0.1, -0.05) is 30.3 Å². The highest BCUT2D eigenvalue weighted by Crippen LogP contribution is 2.24. The van der Waals surface area contributed by atoms with E-state index in [9.17, 15) is 0 Å². The van der Waals surface area contributed by atoms with E-state index >= 15 is 0 Å². The quantitative estimate of drug-likeness (QED) is 0.804. The van der Waals surface area contributed by atoms with Gasteiger partial charge in [0, 0.05) is 32.3 Å². The van der Waals surface area contributed by atoms with Crippen LogP contribution in [0, 0.1) is 11.3 Å². The zero-order valence-electron chi connectivity index (χ0n) is 10.8. The average molecular weight is 244 g/mol. The SMILES string of the molecule is CNCN1CCN(CC#N)CC1c1ccccc1. The molecule has 2 rings (SSSR count). The Labute approximate surface area is 109 Å². The van der Waals surface area contributed by atoms with Crippen LogP contribution in [0.5, 0.6) is 0 Å². The molecule has 1 N–H and O–H groups in total. The van der Waals surface area contributed by atoms with Crippen LogP contribution >= 0.6 is 0 Å². The Morgan fingerprint density at radius 1 is 1.33 bits per heavy atom. The summed E-state index contributed by atoms with van der Waals surface area (Å²) in [4.78, 5) is 4.66. The molecule has 1 aliphatic rings. The van der Waals surface area contributed by atoms with Crippen molar-refractivity contribution in [3.05, 3.63) is 35.9 Å². The van der Waals surface area contributed by atoms with Gasteiger partial charge in [-0.25, -0.2) is 0 Å². The van der Waals surface area contributed by atoms with Gasteiger partial charge in [-0.15, -0.1) is 0 Å². The Morgan fingerprint density at radius 2 is 2.11 bits per heavy atom. The monoisotopic (exact) mass is 244 g/mol. The minimum Gasteiger partial charge on any atom is -0.307 e. The van der Waals surface area contributed by atoms with E-state index < -0.39 is 0 Å². The van der Waals surface area contributed by atoms with Crippen LogP contribution in [0.15, 0.2) is 30.3 Å². The molecular weight excluding hydrogens is 224 g/mol. The maximum atomic E-state index is 8.83. The Kier molecular flexibility index (Phi) is 4.71. The van der Waals surface area contributed by atoms with Crippen LogP contribution in [-0.4, -0.2) is 49.7 Å². The van der Waals surface area contributed by atoms with Crippen molar-refractivity contribution in [1.29, 1.82) is 5.26 Å². The molecule has 0 saturated carbocycles. The Bertz CT molecular complexity index is 398. The van der Waals surface area contributed by atoms with Crippen molar-refractivity contribution < 1.29 is 0 Å². The van der Waals surface area contributed by atoms with E-state index in [0.717, 1.165) is 26.3 Å². The number of hydrogen-bond acceptors (Lipinski definition) is 4. The fourth-order valence-corrected chi connectivity index (χ4v) is 2.50. The van der Waals surface area contributed by atoms with Crippen molar-refractivity contribution in [3.63, 3.8) is 0 Å². The molecule has 4 heteroatoms. The molecule has 1 aromatic rings. The van der Waals surface area contributed by atoms with E-state index in [-0.39, 0.29) is 0 Å². The third-order valence-corrected chi connectivity index (χ3v) is 3.42. The largest absolute Gasteiger partial charge is 0.307 e. The summed E-state index contributed by atoms with van der Waals surface area (Å²) in [5, 5.41) is 12.1. The minimum atomic E-state index is 0.376. The van der Waals surface area contributed by atoms with Gasteiger partial charge in [-0.05, 0) is 12.6 Å². The van der Waals surface area contributed by atoms with E-state index in [1.54, 1.807) is 0 Å². The van der Waals surface area contributed by atoms with Gasteiger partial charge in [0.05, 0.1) is 12.6 Å². The van der Waals surface area contributed by atoms with Crippen molar-refractivity contribution in [2.75, 3.05) is 39.9 Å². The topological polar surface area (TPSA) is 42.3 Å². The zero-order chi connectivity index (χ0) is 12.8. The summed E-state index contributed by atoms with van der Waals surface area (Å²) in [5.74, 6) is 0. The van der Waals surface area contributed by atoms with Crippen LogP contribution in [0.25, 0.3) is 0 Å². The third kappa shape index (κ3) is 3.08. The maximum Gasteiger partial charge on any atom is 0.0867 e. The first kappa shape index (κ1) is 13.0. The number of piperazine rings is 1. The Hall–Kier alpha value is -1.41. The van der Waals surface area contributed by atoms with E-state index in [1.807, 2.05) is 13.1 Å². The molecule has 18 heavy (non-hydrogen) atoms. The number of nitrogens with one attached hydrogen (secondary N) is 1. The molecule has 0 amide bonds. The summed E-state index contributed by atoms with van der Waals surface area (Å²) in [6.45, 7) is 4.32. The van der Waals surface area contributed by atoms with Gasteiger partial charge in [0.1, 0.15) is 0 Å². The highest BCUT2D eigenvalue weighted by atomic mass is 15.3. The predicted octanol–water partition coefficient (Wildman–Crippen LogP) is 1.05. The second-order valence-electron chi connectivity index (χ2n) is 4.64. The molecule has 0 radical (unpaired) electrons. The lowest BCUT2D eigenvalue weighted by molar-refractivity contribution is 0.0770. The van der Waals surface area contributed by atoms with Crippen LogP contribution in [0.2, 0.25) is 0 Å². The lowest BCUT2D eigenvalue weighted by Gasteiger charge is -2.40. The first-order valence-electron chi connectivity index (χ1n) is 6.38. The number of hydrogen-bond donors (Lipinski definition) is 1.